The van der Waals surface area contributed by atoms with Crippen molar-refractivity contribution in [3.63, 3.8) is 0 Å². The van der Waals surface area contributed by atoms with Gasteiger partial charge in [0.2, 0.25) is 0 Å². The Hall–Kier alpha value is -1.11. The van der Waals surface area contributed by atoms with Crippen molar-refractivity contribution in [2.75, 3.05) is 25.5 Å². The molecule has 0 aliphatic heterocycles. The van der Waals surface area contributed by atoms with Crippen LogP contribution in [0.4, 0.5) is 5.69 Å². The molecule has 0 saturated heterocycles. The van der Waals surface area contributed by atoms with Crippen LogP contribution < -0.4 is 11.1 Å². The van der Waals surface area contributed by atoms with Gasteiger partial charge in [-0.1, -0.05) is 22.0 Å². The number of nitrogen functional groups attached to an aromatic ring is 1. The maximum Gasteiger partial charge on any atom is 0.263 e. The van der Waals surface area contributed by atoms with Crippen LogP contribution in [0.5, 0.6) is 0 Å². The first kappa shape index (κ1) is 14.3. The minimum Gasteiger partial charge on any atom is -0.397 e. The molecule has 1 aromatic carbocycles. The van der Waals surface area contributed by atoms with E-state index in [1.165, 1.54) is 11.3 Å². The van der Waals surface area contributed by atoms with Crippen molar-refractivity contribution < 1.29 is 9.53 Å². The van der Waals surface area contributed by atoms with Crippen LogP contribution in [-0.4, -0.2) is 25.7 Å². The number of nitrogens with two attached hydrogens (primary N) is 1. The lowest BCUT2D eigenvalue weighted by Crippen LogP contribution is -2.27. The summed E-state index contributed by atoms with van der Waals surface area (Å²) in [4.78, 5) is 12.6. The van der Waals surface area contributed by atoms with E-state index in [1.54, 1.807) is 0 Å². The van der Waals surface area contributed by atoms with Gasteiger partial charge < -0.3 is 15.8 Å². The summed E-state index contributed by atoms with van der Waals surface area (Å²) in [7, 11) is 0. The topological polar surface area (TPSA) is 64.3 Å². The van der Waals surface area contributed by atoms with Crippen LogP contribution in [0, 0.1) is 0 Å². The number of halogens is 1. The lowest BCUT2D eigenvalue weighted by atomic mass is 10.2. The molecule has 0 bridgehead atoms. The minimum atomic E-state index is -0.144. The van der Waals surface area contributed by atoms with Gasteiger partial charge in [-0.3, -0.25) is 4.79 Å². The smallest absolute Gasteiger partial charge is 0.263 e. The number of nitrogens with one attached hydrogen (secondary N) is 1. The van der Waals surface area contributed by atoms with Gasteiger partial charge >= 0.3 is 0 Å². The van der Waals surface area contributed by atoms with Crippen LogP contribution in [0.15, 0.2) is 22.7 Å². The molecule has 6 heteroatoms. The van der Waals surface area contributed by atoms with E-state index in [1.807, 2.05) is 25.1 Å². The summed E-state index contributed by atoms with van der Waals surface area (Å²) in [5.74, 6) is -0.144. The van der Waals surface area contributed by atoms with Crippen LogP contribution >= 0.6 is 27.3 Å². The van der Waals surface area contributed by atoms with Crippen LogP contribution in [-0.2, 0) is 4.74 Å². The first-order chi connectivity index (χ1) is 9.13. The molecule has 0 unspecified atom stereocenters. The quantitative estimate of drug-likeness (QED) is 0.821. The number of ether oxygens (including phenoxy) is 1. The van der Waals surface area contributed by atoms with Gasteiger partial charge in [0.25, 0.3) is 5.91 Å². The molecule has 1 heterocycles. The molecule has 0 aliphatic carbocycles. The summed E-state index contributed by atoms with van der Waals surface area (Å²) < 4.78 is 7.15. The third-order valence-corrected chi connectivity index (χ3v) is 4.29. The highest BCUT2D eigenvalue weighted by Gasteiger charge is 2.15. The third-order valence-electron chi connectivity index (χ3n) is 2.63. The van der Waals surface area contributed by atoms with Gasteiger partial charge in [-0.15, -0.1) is 11.3 Å². The standard InChI is InChI=1S/C13H15BrN2O2S/c1-2-18-6-5-16-13(17)12-11(15)9-4-3-8(14)7-10(9)19-12/h3-4,7H,2,5-6,15H2,1H3,(H,16,17). The molecule has 0 aliphatic rings. The number of fused-ring (bicyclic) bond motifs is 1. The second kappa shape index (κ2) is 6.36. The Morgan fingerprint density at radius 1 is 1.53 bits per heavy atom. The zero-order chi connectivity index (χ0) is 13.8. The van der Waals surface area contributed by atoms with Gasteiger partial charge in [0.05, 0.1) is 12.3 Å². The summed E-state index contributed by atoms with van der Waals surface area (Å²) in [6.07, 6.45) is 0. The first-order valence-corrected chi connectivity index (χ1v) is 7.58. The number of amides is 1. The molecule has 4 nitrogen and oxygen atoms in total. The number of benzene rings is 1. The van der Waals surface area contributed by atoms with Crippen molar-refractivity contribution in [2.24, 2.45) is 0 Å². The molecular formula is C13H15BrN2O2S. The molecule has 0 spiro atoms. The molecule has 2 rings (SSSR count). The number of carbonyl (C=O) groups excluding carboxylic acids is 1. The molecule has 2 aromatic rings. The van der Waals surface area contributed by atoms with E-state index in [4.69, 9.17) is 10.5 Å². The Balaban J connectivity index is 2.15. The molecule has 0 atom stereocenters. The lowest BCUT2D eigenvalue weighted by molar-refractivity contribution is 0.0927. The molecule has 1 amide bonds. The number of rotatable bonds is 5. The average molecular weight is 343 g/mol. The molecule has 0 saturated carbocycles. The third kappa shape index (κ3) is 3.26. The predicted octanol–water partition coefficient (Wildman–Crippen LogP) is 3.01. The Morgan fingerprint density at radius 3 is 3.05 bits per heavy atom. The van der Waals surface area contributed by atoms with Gasteiger partial charge in [-0.25, -0.2) is 0 Å². The lowest BCUT2D eigenvalue weighted by Gasteiger charge is -2.04. The highest BCUT2D eigenvalue weighted by atomic mass is 79.9. The fraction of sp³-hybridized carbons (Fsp3) is 0.308. The Morgan fingerprint density at radius 2 is 2.32 bits per heavy atom. The highest BCUT2D eigenvalue weighted by molar-refractivity contribution is 9.10. The molecule has 102 valence electrons. The summed E-state index contributed by atoms with van der Waals surface area (Å²) in [5.41, 5.74) is 6.57. The molecule has 0 fully saturated rings. The zero-order valence-corrected chi connectivity index (χ0v) is 12.9. The number of hydrogen-bond donors (Lipinski definition) is 2. The van der Waals surface area contributed by atoms with Crippen molar-refractivity contribution in [1.82, 2.24) is 5.32 Å². The van der Waals surface area contributed by atoms with Gasteiger partial charge in [-0.2, -0.15) is 0 Å². The van der Waals surface area contributed by atoms with Gasteiger partial charge in [0, 0.05) is 27.7 Å². The maximum atomic E-state index is 12.0. The molecular weight excluding hydrogens is 328 g/mol. The summed E-state index contributed by atoms with van der Waals surface area (Å²) in [5, 5.41) is 3.72. The number of carbonyl (C=O) groups is 1. The molecule has 0 radical (unpaired) electrons. The first-order valence-electron chi connectivity index (χ1n) is 5.97. The van der Waals surface area contributed by atoms with Crippen LogP contribution in [0.1, 0.15) is 16.6 Å². The van der Waals surface area contributed by atoms with Crippen molar-refractivity contribution in [3.8, 4) is 0 Å². The summed E-state index contributed by atoms with van der Waals surface area (Å²) in [6, 6.07) is 5.80. The van der Waals surface area contributed by atoms with E-state index in [2.05, 4.69) is 21.2 Å². The van der Waals surface area contributed by atoms with E-state index < -0.39 is 0 Å². The van der Waals surface area contributed by atoms with E-state index >= 15 is 0 Å². The van der Waals surface area contributed by atoms with Crippen LogP contribution in [0.25, 0.3) is 10.1 Å². The Kier molecular flexibility index (Phi) is 4.79. The SMILES string of the molecule is CCOCCNC(=O)c1sc2cc(Br)ccc2c1N. The van der Waals surface area contributed by atoms with E-state index in [-0.39, 0.29) is 5.91 Å². The fourth-order valence-corrected chi connectivity index (χ4v) is 3.31. The Bertz CT molecular complexity index is 598. The largest absolute Gasteiger partial charge is 0.397 e. The highest BCUT2D eigenvalue weighted by Crippen LogP contribution is 2.35. The van der Waals surface area contributed by atoms with Gasteiger partial charge in [-0.05, 0) is 19.1 Å². The molecule has 19 heavy (non-hydrogen) atoms. The fourth-order valence-electron chi connectivity index (χ4n) is 1.72. The predicted molar refractivity (Wildman–Crippen MR) is 82.8 cm³/mol. The van der Waals surface area contributed by atoms with Crippen molar-refractivity contribution in [1.29, 1.82) is 0 Å². The average Bonchev–Trinajstić information content (AvgIpc) is 2.71. The number of hydrogen-bond acceptors (Lipinski definition) is 4. The van der Waals surface area contributed by atoms with Crippen molar-refractivity contribution in [3.05, 3.63) is 27.5 Å². The number of thiophene rings is 1. The minimum absolute atomic E-state index is 0.144. The van der Waals surface area contributed by atoms with Crippen LogP contribution in [0.2, 0.25) is 0 Å². The van der Waals surface area contributed by atoms with E-state index in [9.17, 15) is 4.79 Å². The van der Waals surface area contributed by atoms with Crippen molar-refractivity contribution in [2.45, 2.75) is 6.92 Å². The normalized spacial score (nSPS) is 10.8. The second-order valence-corrected chi connectivity index (χ2v) is 5.91. The van der Waals surface area contributed by atoms with E-state index in [0.29, 0.717) is 30.3 Å². The summed E-state index contributed by atoms with van der Waals surface area (Å²) >= 11 is 4.81. The van der Waals surface area contributed by atoms with Gasteiger partial charge in [0.15, 0.2) is 0 Å². The second-order valence-electron chi connectivity index (χ2n) is 3.94. The van der Waals surface area contributed by atoms with Crippen LogP contribution in [0.3, 0.4) is 0 Å². The maximum absolute atomic E-state index is 12.0. The van der Waals surface area contributed by atoms with E-state index in [0.717, 1.165) is 14.6 Å². The number of anilines is 1. The Labute approximate surface area is 124 Å². The molecule has 1 aromatic heterocycles. The summed E-state index contributed by atoms with van der Waals surface area (Å²) in [6.45, 7) is 3.57. The molecule has 3 N–H and O–H groups in total. The van der Waals surface area contributed by atoms with Crippen molar-refractivity contribution >= 4 is 48.9 Å². The zero-order valence-electron chi connectivity index (χ0n) is 10.5. The monoisotopic (exact) mass is 342 g/mol. The van der Waals surface area contributed by atoms with Gasteiger partial charge in [0.1, 0.15) is 4.88 Å².